The number of hydrogen-bond donors (Lipinski definition) is 0. The summed E-state index contributed by atoms with van der Waals surface area (Å²) < 4.78 is 5.86. The van der Waals surface area contributed by atoms with Gasteiger partial charge in [-0.3, -0.25) is 0 Å². The highest BCUT2D eigenvalue weighted by molar-refractivity contribution is 6.20. The van der Waals surface area contributed by atoms with Crippen molar-refractivity contribution in [3.05, 3.63) is 29.8 Å². The van der Waals surface area contributed by atoms with Gasteiger partial charge in [-0.2, -0.15) is 0 Å². The first kappa shape index (κ1) is 15.2. The third kappa shape index (κ3) is 3.08. The molecule has 1 aromatic carbocycles. The Bertz CT molecular complexity index is 496. The lowest BCUT2D eigenvalue weighted by Gasteiger charge is -2.43. The molecule has 1 saturated carbocycles. The predicted octanol–water partition coefficient (Wildman–Crippen LogP) is 5.62. The SMILES string of the molecule is CC1CCC(C(C)(C)CC2COc3ccccc32)C(Cl)C1. The molecule has 0 bridgehead atoms. The average Bonchev–Trinajstić information content (AvgIpc) is 2.81. The lowest BCUT2D eigenvalue weighted by Crippen LogP contribution is -2.37. The topological polar surface area (TPSA) is 9.23 Å². The first-order valence-corrected chi connectivity index (χ1v) is 8.77. The zero-order valence-electron chi connectivity index (χ0n) is 13.4. The Labute approximate surface area is 134 Å². The van der Waals surface area contributed by atoms with E-state index in [2.05, 4.69) is 45.0 Å². The Kier molecular flexibility index (Phi) is 4.23. The summed E-state index contributed by atoms with van der Waals surface area (Å²) in [4.78, 5) is 0. The van der Waals surface area contributed by atoms with Crippen LogP contribution in [0.15, 0.2) is 24.3 Å². The maximum absolute atomic E-state index is 6.72. The highest BCUT2D eigenvalue weighted by Crippen LogP contribution is 2.49. The summed E-state index contributed by atoms with van der Waals surface area (Å²) in [5.74, 6) is 3.02. The van der Waals surface area contributed by atoms with Crippen molar-refractivity contribution in [3.63, 3.8) is 0 Å². The minimum atomic E-state index is 0.276. The Morgan fingerprint density at radius 2 is 2.00 bits per heavy atom. The van der Waals surface area contributed by atoms with Gasteiger partial charge in [-0.15, -0.1) is 11.6 Å². The zero-order valence-corrected chi connectivity index (χ0v) is 14.2. The van der Waals surface area contributed by atoms with Crippen LogP contribution >= 0.6 is 11.6 Å². The second kappa shape index (κ2) is 5.83. The predicted molar refractivity (Wildman–Crippen MR) is 89.2 cm³/mol. The van der Waals surface area contributed by atoms with Crippen molar-refractivity contribution in [2.75, 3.05) is 6.61 Å². The van der Waals surface area contributed by atoms with E-state index in [-0.39, 0.29) is 5.41 Å². The summed E-state index contributed by atoms with van der Waals surface area (Å²) in [7, 11) is 0. The van der Waals surface area contributed by atoms with Crippen LogP contribution in [0.5, 0.6) is 5.75 Å². The maximum atomic E-state index is 6.72. The number of rotatable bonds is 3. The van der Waals surface area contributed by atoms with E-state index in [1.54, 1.807) is 0 Å². The molecule has 21 heavy (non-hydrogen) atoms. The fraction of sp³-hybridized carbons (Fsp3) is 0.684. The van der Waals surface area contributed by atoms with Gasteiger partial charge in [-0.25, -0.2) is 0 Å². The molecule has 1 fully saturated rings. The normalized spacial score (nSPS) is 32.6. The van der Waals surface area contributed by atoms with Crippen LogP contribution in [0.25, 0.3) is 0 Å². The monoisotopic (exact) mass is 306 g/mol. The molecule has 1 aliphatic carbocycles. The van der Waals surface area contributed by atoms with Gasteiger partial charge in [-0.05, 0) is 42.6 Å². The lowest BCUT2D eigenvalue weighted by molar-refractivity contribution is 0.118. The molecule has 4 unspecified atom stereocenters. The van der Waals surface area contributed by atoms with Crippen molar-refractivity contribution in [3.8, 4) is 5.75 Å². The number of hydrogen-bond acceptors (Lipinski definition) is 1. The molecule has 1 heterocycles. The Hall–Kier alpha value is -0.690. The van der Waals surface area contributed by atoms with Gasteiger partial charge in [0.2, 0.25) is 0 Å². The number of alkyl halides is 1. The van der Waals surface area contributed by atoms with Gasteiger partial charge in [-0.1, -0.05) is 45.4 Å². The van der Waals surface area contributed by atoms with Crippen LogP contribution in [-0.2, 0) is 0 Å². The van der Waals surface area contributed by atoms with Crippen LogP contribution in [0.1, 0.15) is 57.9 Å². The van der Waals surface area contributed by atoms with Gasteiger partial charge < -0.3 is 4.74 Å². The molecular weight excluding hydrogens is 280 g/mol. The third-order valence-corrected chi connectivity index (χ3v) is 6.09. The molecule has 1 aromatic rings. The molecule has 1 aliphatic heterocycles. The summed E-state index contributed by atoms with van der Waals surface area (Å²) in [5, 5.41) is 0.335. The molecule has 0 aromatic heterocycles. The van der Waals surface area contributed by atoms with E-state index in [9.17, 15) is 0 Å². The van der Waals surface area contributed by atoms with Crippen LogP contribution in [0.2, 0.25) is 0 Å². The molecule has 2 heteroatoms. The van der Waals surface area contributed by atoms with E-state index in [0.29, 0.717) is 17.2 Å². The molecule has 3 rings (SSSR count). The maximum Gasteiger partial charge on any atom is 0.122 e. The van der Waals surface area contributed by atoms with Crippen molar-refractivity contribution in [1.29, 1.82) is 0 Å². The first-order valence-electron chi connectivity index (χ1n) is 8.33. The number of halogens is 1. The molecule has 0 radical (unpaired) electrons. The fourth-order valence-corrected chi connectivity index (χ4v) is 5.15. The molecule has 2 aliphatic rings. The van der Waals surface area contributed by atoms with Gasteiger partial charge in [0, 0.05) is 16.9 Å². The number of benzene rings is 1. The minimum absolute atomic E-state index is 0.276. The third-order valence-electron chi connectivity index (χ3n) is 5.61. The van der Waals surface area contributed by atoms with Crippen LogP contribution < -0.4 is 4.74 Å². The van der Waals surface area contributed by atoms with Crippen LogP contribution in [0, 0.1) is 17.3 Å². The molecule has 4 atom stereocenters. The highest BCUT2D eigenvalue weighted by atomic mass is 35.5. The van der Waals surface area contributed by atoms with Crippen LogP contribution in [-0.4, -0.2) is 12.0 Å². The summed E-state index contributed by atoms with van der Waals surface area (Å²) in [5.41, 5.74) is 1.67. The smallest absolute Gasteiger partial charge is 0.122 e. The Morgan fingerprint density at radius 1 is 1.24 bits per heavy atom. The fourth-order valence-electron chi connectivity index (χ4n) is 4.38. The summed E-state index contributed by atoms with van der Waals surface area (Å²) in [6.45, 7) is 7.98. The quantitative estimate of drug-likeness (QED) is 0.658. The second-order valence-electron chi connectivity index (χ2n) is 7.78. The molecule has 0 N–H and O–H groups in total. The van der Waals surface area contributed by atoms with Gasteiger partial charge in [0.15, 0.2) is 0 Å². The van der Waals surface area contributed by atoms with Crippen LogP contribution in [0.3, 0.4) is 0 Å². The Balaban J connectivity index is 1.72. The Morgan fingerprint density at radius 3 is 2.76 bits per heavy atom. The van der Waals surface area contributed by atoms with E-state index >= 15 is 0 Å². The van der Waals surface area contributed by atoms with Crippen molar-refractivity contribution in [2.45, 2.75) is 57.7 Å². The van der Waals surface area contributed by atoms with Crippen molar-refractivity contribution >= 4 is 11.6 Å². The van der Waals surface area contributed by atoms with Gasteiger partial charge in [0.05, 0.1) is 6.61 Å². The van der Waals surface area contributed by atoms with Crippen LogP contribution in [0.4, 0.5) is 0 Å². The van der Waals surface area contributed by atoms with E-state index < -0.39 is 0 Å². The summed E-state index contributed by atoms with van der Waals surface area (Å²) in [6, 6.07) is 8.50. The standard InChI is InChI=1S/C19H27ClO/c1-13-8-9-16(17(20)10-13)19(2,3)11-14-12-21-18-7-5-4-6-15(14)18/h4-7,13-14,16-17H,8-12H2,1-3H3. The summed E-state index contributed by atoms with van der Waals surface area (Å²) in [6.07, 6.45) is 4.95. The number of fused-ring (bicyclic) bond motifs is 1. The molecule has 1 nitrogen and oxygen atoms in total. The lowest BCUT2D eigenvalue weighted by atomic mass is 9.65. The van der Waals surface area contributed by atoms with E-state index in [4.69, 9.17) is 16.3 Å². The van der Waals surface area contributed by atoms with Gasteiger partial charge >= 0.3 is 0 Å². The van der Waals surface area contributed by atoms with Gasteiger partial charge in [0.25, 0.3) is 0 Å². The first-order chi connectivity index (χ1) is 9.97. The van der Waals surface area contributed by atoms with Gasteiger partial charge in [0.1, 0.15) is 5.75 Å². The molecule has 0 amide bonds. The number of ether oxygens (including phenoxy) is 1. The zero-order chi connectivity index (χ0) is 15.0. The largest absolute Gasteiger partial charge is 0.493 e. The molecule has 0 spiro atoms. The minimum Gasteiger partial charge on any atom is -0.493 e. The average molecular weight is 307 g/mol. The van der Waals surface area contributed by atoms with E-state index in [1.807, 2.05) is 0 Å². The number of para-hydroxylation sites is 1. The molecule has 0 saturated heterocycles. The summed E-state index contributed by atoms with van der Waals surface area (Å²) >= 11 is 6.72. The van der Waals surface area contributed by atoms with E-state index in [0.717, 1.165) is 18.3 Å². The molecular formula is C19H27ClO. The second-order valence-corrected chi connectivity index (χ2v) is 8.34. The van der Waals surface area contributed by atoms with E-state index in [1.165, 1.54) is 31.2 Å². The van der Waals surface area contributed by atoms with Crippen molar-refractivity contribution < 1.29 is 4.74 Å². The van der Waals surface area contributed by atoms with Crippen molar-refractivity contribution in [2.24, 2.45) is 17.3 Å². The molecule has 116 valence electrons. The highest BCUT2D eigenvalue weighted by Gasteiger charge is 2.40. The van der Waals surface area contributed by atoms with Crippen molar-refractivity contribution in [1.82, 2.24) is 0 Å².